The van der Waals surface area contributed by atoms with Crippen LogP contribution in [0.5, 0.6) is 23.0 Å². The van der Waals surface area contributed by atoms with Crippen molar-refractivity contribution in [2.24, 2.45) is 0 Å². The van der Waals surface area contributed by atoms with Crippen LogP contribution in [-0.2, 0) is 5.67 Å². The number of carbonyl (C=O) groups is 2. The van der Waals surface area contributed by atoms with E-state index in [1.54, 1.807) is 0 Å². The molecule has 0 spiro atoms. The molecule has 0 radical (unpaired) electrons. The first-order valence-corrected chi connectivity index (χ1v) is 11.3. The molecule has 0 N–H and O–H groups in total. The van der Waals surface area contributed by atoms with Crippen molar-refractivity contribution in [3.05, 3.63) is 119 Å². The van der Waals surface area contributed by atoms with Crippen molar-refractivity contribution in [1.82, 2.24) is 0 Å². The number of carbonyl (C=O) groups excluding carboxylic acids is 2. The number of alkyl halides is 6. The van der Waals surface area contributed by atoms with Crippen molar-refractivity contribution in [1.29, 1.82) is 0 Å². The van der Waals surface area contributed by atoms with Crippen LogP contribution in [0.15, 0.2) is 97.1 Å². The smallest absolute Gasteiger partial charge is 0.457 e. The molecule has 10 heteroatoms. The van der Waals surface area contributed by atoms with Crippen LogP contribution < -0.4 is 9.47 Å². The number of benzene rings is 4. The molecule has 39 heavy (non-hydrogen) atoms. The molecule has 0 unspecified atom stereocenters. The zero-order valence-corrected chi connectivity index (χ0v) is 19.8. The number of hydrogen-bond donors (Lipinski definition) is 0. The molecule has 0 saturated heterocycles. The molecule has 0 bridgehead atoms. The van der Waals surface area contributed by atoms with E-state index in [4.69, 9.17) is 9.47 Å². The number of ether oxygens (including phenoxy) is 2. The predicted octanol–water partition coefficient (Wildman–Crippen LogP) is 8.31. The first kappa shape index (κ1) is 27.4. The van der Waals surface area contributed by atoms with Gasteiger partial charge in [0.15, 0.2) is 0 Å². The molecule has 0 amide bonds. The summed E-state index contributed by atoms with van der Waals surface area (Å²) in [6, 6.07) is 19.1. The molecule has 200 valence electrons. The van der Waals surface area contributed by atoms with Crippen molar-refractivity contribution < 1.29 is 45.4 Å². The second kappa shape index (κ2) is 10.6. The highest BCUT2D eigenvalue weighted by molar-refractivity contribution is 5.76. The first-order valence-electron chi connectivity index (χ1n) is 11.3. The summed E-state index contributed by atoms with van der Waals surface area (Å²) in [5, 5.41) is 0. The number of aldehydes is 2. The van der Waals surface area contributed by atoms with E-state index >= 15 is 4.39 Å². The van der Waals surface area contributed by atoms with Gasteiger partial charge in [-0.05, 0) is 48.5 Å². The minimum Gasteiger partial charge on any atom is -0.457 e. The van der Waals surface area contributed by atoms with Crippen LogP contribution in [-0.4, -0.2) is 24.7 Å². The normalized spacial score (nSPS) is 12.1. The monoisotopic (exact) mass is 544 g/mol. The summed E-state index contributed by atoms with van der Waals surface area (Å²) in [5.41, 5.74) is -5.66. The molecule has 4 nitrogen and oxygen atoms in total. The Morgan fingerprint density at radius 2 is 0.897 bits per heavy atom. The number of rotatable bonds is 9. The fourth-order valence-electron chi connectivity index (χ4n) is 3.80. The van der Waals surface area contributed by atoms with Crippen LogP contribution in [0.2, 0.25) is 0 Å². The zero-order valence-electron chi connectivity index (χ0n) is 19.8. The summed E-state index contributed by atoms with van der Waals surface area (Å²) in [5.74, 6) is -5.38. The van der Waals surface area contributed by atoms with E-state index in [0.29, 0.717) is 23.7 Å². The van der Waals surface area contributed by atoms with Gasteiger partial charge in [0.25, 0.3) is 0 Å². The lowest BCUT2D eigenvalue weighted by Crippen LogP contribution is -2.53. The molecule has 0 heterocycles. The van der Waals surface area contributed by atoms with E-state index in [-0.39, 0.29) is 23.0 Å². The summed E-state index contributed by atoms with van der Waals surface area (Å²) in [6.45, 7) is 0. The second-order valence-corrected chi connectivity index (χ2v) is 8.36. The largest absolute Gasteiger partial charge is 0.457 e. The van der Waals surface area contributed by atoms with Crippen LogP contribution in [0.1, 0.15) is 31.8 Å². The molecule has 0 aliphatic rings. The van der Waals surface area contributed by atoms with E-state index in [9.17, 15) is 31.5 Å². The summed E-state index contributed by atoms with van der Waals surface area (Å²) in [4.78, 5) is 21.9. The molecule has 0 atom stereocenters. The van der Waals surface area contributed by atoms with Crippen LogP contribution in [0.25, 0.3) is 0 Å². The van der Waals surface area contributed by atoms with Gasteiger partial charge >= 0.3 is 12.1 Å². The van der Waals surface area contributed by atoms with E-state index in [2.05, 4.69) is 0 Å². The Morgan fingerprint density at radius 3 is 1.23 bits per heavy atom. The predicted molar refractivity (Wildman–Crippen MR) is 130 cm³/mol. The lowest BCUT2D eigenvalue weighted by molar-refractivity contribution is -0.323. The van der Waals surface area contributed by atoms with Crippen molar-refractivity contribution in [2.75, 3.05) is 0 Å². The van der Waals surface area contributed by atoms with Gasteiger partial charge in [0, 0.05) is 22.3 Å². The standard InChI is InChI=1S/C29H18F6O4/c30-27(28(31,32)29(33,34)35,21-7-11-23(12-8-21)38-25-5-1-3-19(15-25)17-36)22-9-13-24(14-10-22)39-26-6-2-4-20(16-26)18-37/h1-18H. The molecular weight excluding hydrogens is 526 g/mol. The Kier molecular flexibility index (Phi) is 7.49. The Labute approximate surface area is 218 Å². The highest BCUT2D eigenvalue weighted by Crippen LogP contribution is 2.54. The van der Waals surface area contributed by atoms with Crippen molar-refractivity contribution in [2.45, 2.75) is 17.8 Å². The van der Waals surface area contributed by atoms with Crippen molar-refractivity contribution in [3.8, 4) is 23.0 Å². The fraction of sp³-hybridized carbons (Fsp3) is 0.103. The molecule has 0 fully saturated rings. The van der Waals surface area contributed by atoms with E-state index in [1.807, 2.05) is 0 Å². The molecule has 0 aromatic heterocycles. The van der Waals surface area contributed by atoms with Gasteiger partial charge in [0.1, 0.15) is 35.6 Å². The van der Waals surface area contributed by atoms with Crippen LogP contribution in [0.3, 0.4) is 0 Å². The van der Waals surface area contributed by atoms with E-state index < -0.39 is 28.9 Å². The van der Waals surface area contributed by atoms with Gasteiger partial charge in [-0.3, -0.25) is 9.59 Å². The summed E-state index contributed by atoms with van der Waals surface area (Å²) < 4.78 is 97.2. The van der Waals surface area contributed by atoms with Gasteiger partial charge in [0.05, 0.1) is 0 Å². The molecule has 0 saturated carbocycles. The average molecular weight is 544 g/mol. The SMILES string of the molecule is O=Cc1cccc(Oc2ccc(C(F)(c3ccc(Oc4cccc(C=O)c4)cc3)C(F)(F)C(F)(F)F)cc2)c1. The maximum atomic E-state index is 16.2. The summed E-state index contributed by atoms with van der Waals surface area (Å²) in [7, 11) is 0. The highest BCUT2D eigenvalue weighted by Gasteiger charge is 2.72. The third-order valence-electron chi connectivity index (χ3n) is 5.75. The quantitative estimate of drug-likeness (QED) is 0.157. The Morgan fingerprint density at radius 1 is 0.513 bits per heavy atom. The second-order valence-electron chi connectivity index (χ2n) is 8.36. The fourth-order valence-corrected chi connectivity index (χ4v) is 3.80. The highest BCUT2D eigenvalue weighted by atomic mass is 19.4. The Balaban J connectivity index is 1.68. The first-order chi connectivity index (χ1) is 18.5. The lowest BCUT2D eigenvalue weighted by atomic mass is 9.82. The minimum absolute atomic E-state index is 0.0146. The van der Waals surface area contributed by atoms with Crippen LogP contribution >= 0.6 is 0 Å². The summed E-state index contributed by atoms with van der Waals surface area (Å²) in [6.07, 6.45) is -5.08. The van der Waals surface area contributed by atoms with E-state index in [1.165, 1.54) is 48.5 Å². The average Bonchev–Trinajstić information content (AvgIpc) is 2.93. The van der Waals surface area contributed by atoms with Gasteiger partial charge in [-0.25, -0.2) is 4.39 Å². The number of halogens is 6. The summed E-state index contributed by atoms with van der Waals surface area (Å²) >= 11 is 0. The molecule has 4 aromatic carbocycles. The van der Waals surface area contributed by atoms with Gasteiger partial charge in [-0.1, -0.05) is 48.5 Å². The Hall–Kier alpha value is -4.60. The van der Waals surface area contributed by atoms with Crippen molar-refractivity contribution in [3.63, 3.8) is 0 Å². The van der Waals surface area contributed by atoms with Gasteiger partial charge in [0.2, 0.25) is 5.67 Å². The van der Waals surface area contributed by atoms with E-state index in [0.717, 1.165) is 48.5 Å². The van der Waals surface area contributed by atoms with Gasteiger partial charge in [-0.2, -0.15) is 22.0 Å². The Bertz CT molecular complexity index is 1370. The third-order valence-corrected chi connectivity index (χ3v) is 5.75. The molecule has 0 aliphatic carbocycles. The third kappa shape index (κ3) is 5.50. The molecule has 4 aromatic rings. The number of hydrogen-bond acceptors (Lipinski definition) is 4. The van der Waals surface area contributed by atoms with Crippen molar-refractivity contribution >= 4 is 12.6 Å². The maximum absolute atomic E-state index is 16.2. The van der Waals surface area contributed by atoms with Crippen LogP contribution in [0.4, 0.5) is 26.3 Å². The topological polar surface area (TPSA) is 52.6 Å². The maximum Gasteiger partial charge on any atom is 0.457 e. The van der Waals surface area contributed by atoms with Gasteiger partial charge < -0.3 is 9.47 Å². The molecule has 4 rings (SSSR count). The minimum atomic E-state index is -6.23. The van der Waals surface area contributed by atoms with Gasteiger partial charge in [-0.15, -0.1) is 0 Å². The molecule has 0 aliphatic heterocycles. The zero-order chi connectivity index (χ0) is 28.3. The molecular formula is C29H18F6O4. The van der Waals surface area contributed by atoms with Crippen LogP contribution in [0, 0.1) is 0 Å². The lowest BCUT2D eigenvalue weighted by Gasteiger charge is -2.35.